The second-order valence-corrected chi connectivity index (χ2v) is 5.35. The molecule has 2 aromatic rings. The van der Waals surface area contributed by atoms with E-state index in [9.17, 15) is 9.18 Å². The van der Waals surface area contributed by atoms with E-state index >= 15 is 0 Å². The van der Waals surface area contributed by atoms with Gasteiger partial charge in [-0.15, -0.1) is 0 Å². The first-order chi connectivity index (χ1) is 9.56. The summed E-state index contributed by atoms with van der Waals surface area (Å²) in [5.74, 6) is -0.680. The van der Waals surface area contributed by atoms with Crippen molar-refractivity contribution >= 4 is 5.78 Å². The van der Waals surface area contributed by atoms with Crippen LogP contribution in [0.3, 0.4) is 0 Å². The van der Waals surface area contributed by atoms with E-state index in [4.69, 9.17) is 0 Å². The van der Waals surface area contributed by atoms with Gasteiger partial charge in [0.25, 0.3) is 0 Å². The zero-order valence-corrected chi connectivity index (χ0v) is 11.6. The summed E-state index contributed by atoms with van der Waals surface area (Å²) in [4.78, 5) is 12.5. The van der Waals surface area contributed by atoms with Gasteiger partial charge >= 0.3 is 0 Å². The molecule has 0 saturated heterocycles. The molecule has 1 N–H and O–H groups in total. The van der Waals surface area contributed by atoms with Crippen LogP contribution < -0.4 is 5.32 Å². The van der Waals surface area contributed by atoms with Crippen molar-refractivity contribution in [2.75, 3.05) is 0 Å². The Morgan fingerprint density at radius 1 is 1.10 bits per heavy atom. The maximum atomic E-state index is 14.1. The molecule has 0 aliphatic carbocycles. The molecule has 3 rings (SSSR count). The minimum absolute atomic E-state index is 0.182. The largest absolute Gasteiger partial charge is 0.309 e. The lowest BCUT2D eigenvalue weighted by atomic mass is 9.95. The maximum absolute atomic E-state index is 14.1. The third-order valence-electron chi connectivity index (χ3n) is 3.76. The number of aryl methyl sites for hydroxylation is 2. The molecule has 0 aromatic heterocycles. The van der Waals surface area contributed by atoms with Gasteiger partial charge < -0.3 is 5.32 Å². The van der Waals surface area contributed by atoms with Crippen molar-refractivity contribution in [2.45, 2.75) is 26.9 Å². The van der Waals surface area contributed by atoms with E-state index in [1.54, 1.807) is 13.0 Å². The highest BCUT2D eigenvalue weighted by molar-refractivity contribution is 6.10. The molecule has 1 heterocycles. The fourth-order valence-electron chi connectivity index (χ4n) is 2.78. The van der Waals surface area contributed by atoms with Crippen LogP contribution in [-0.2, 0) is 13.1 Å². The van der Waals surface area contributed by atoms with E-state index in [0.717, 1.165) is 24.2 Å². The van der Waals surface area contributed by atoms with Crippen LogP contribution >= 0.6 is 0 Å². The van der Waals surface area contributed by atoms with Gasteiger partial charge in [0.15, 0.2) is 5.78 Å². The summed E-state index contributed by atoms with van der Waals surface area (Å²) in [6.45, 7) is 5.21. The molecule has 102 valence electrons. The maximum Gasteiger partial charge on any atom is 0.196 e. The Bertz CT molecular complexity index is 683. The number of nitrogens with one attached hydrogen (secondary N) is 1. The van der Waals surface area contributed by atoms with Crippen LogP contribution in [0.1, 0.15) is 38.2 Å². The second-order valence-electron chi connectivity index (χ2n) is 5.35. The zero-order valence-electron chi connectivity index (χ0n) is 11.6. The molecule has 2 nitrogen and oxygen atoms in total. The van der Waals surface area contributed by atoms with Crippen LogP contribution in [0.4, 0.5) is 4.39 Å². The lowest BCUT2D eigenvalue weighted by molar-refractivity contribution is 0.103. The molecule has 0 unspecified atom stereocenters. The number of rotatable bonds is 2. The number of benzene rings is 2. The van der Waals surface area contributed by atoms with Gasteiger partial charge in [0.2, 0.25) is 0 Å². The smallest absolute Gasteiger partial charge is 0.196 e. The van der Waals surface area contributed by atoms with Crippen molar-refractivity contribution in [1.82, 2.24) is 5.32 Å². The van der Waals surface area contributed by atoms with Gasteiger partial charge in [0, 0.05) is 18.7 Å². The SMILES string of the molecule is Cc1cc(C)c(C(=O)c2ccc3c(c2)CNC3)c(F)c1. The normalized spacial score (nSPS) is 13.3. The van der Waals surface area contributed by atoms with Crippen LogP contribution in [0.15, 0.2) is 30.3 Å². The molecule has 0 radical (unpaired) electrons. The number of hydrogen-bond acceptors (Lipinski definition) is 2. The average Bonchev–Trinajstić information content (AvgIpc) is 2.84. The van der Waals surface area contributed by atoms with Gasteiger partial charge in [0.05, 0.1) is 5.56 Å². The van der Waals surface area contributed by atoms with Crippen molar-refractivity contribution in [3.8, 4) is 0 Å². The van der Waals surface area contributed by atoms with Gasteiger partial charge in [-0.2, -0.15) is 0 Å². The molecule has 0 atom stereocenters. The van der Waals surface area contributed by atoms with E-state index in [2.05, 4.69) is 5.32 Å². The van der Waals surface area contributed by atoms with Crippen LogP contribution in [-0.4, -0.2) is 5.78 Å². The summed E-state index contributed by atoms with van der Waals surface area (Å²) in [5, 5.41) is 3.24. The molecule has 1 aliphatic rings. The number of carbonyl (C=O) groups excluding carboxylic acids is 1. The van der Waals surface area contributed by atoms with E-state index in [1.165, 1.54) is 11.6 Å². The Morgan fingerprint density at radius 2 is 1.85 bits per heavy atom. The van der Waals surface area contributed by atoms with Crippen molar-refractivity contribution in [3.05, 3.63) is 69.5 Å². The van der Waals surface area contributed by atoms with E-state index < -0.39 is 5.82 Å². The molecule has 0 saturated carbocycles. The minimum Gasteiger partial charge on any atom is -0.309 e. The molecular formula is C17H16FNO. The first kappa shape index (κ1) is 13.0. The highest BCUT2D eigenvalue weighted by Crippen LogP contribution is 2.23. The molecule has 1 aliphatic heterocycles. The Balaban J connectivity index is 2.05. The third-order valence-corrected chi connectivity index (χ3v) is 3.76. The Hall–Kier alpha value is -2.00. The van der Waals surface area contributed by atoms with E-state index in [1.807, 2.05) is 25.1 Å². The van der Waals surface area contributed by atoms with Gasteiger partial charge in [-0.1, -0.05) is 18.2 Å². The van der Waals surface area contributed by atoms with Gasteiger partial charge in [-0.25, -0.2) is 4.39 Å². The Labute approximate surface area is 117 Å². The first-order valence-corrected chi connectivity index (χ1v) is 6.70. The standard InChI is InChI=1S/C17H16FNO/c1-10-5-11(2)16(15(18)6-10)17(20)12-3-4-13-8-19-9-14(13)7-12/h3-7,19H,8-9H2,1-2H3. The fraction of sp³-hybridized carbons (Fsp3) is 0.235. The number of ketones is 1. The highest BCUT2D eigenvalue weighted by Gasteiger charge is 2.19. The second kappa shape index (κ2) is 4.84. The highest BCUT2D eigenvalue weighted by atomic mass is 19.1. The van der Waals surface area contributed by atoms with E-state index in [0.29, 0.717) is 11.1 Å². The van der Waals surface area contributed by atoms with Crippen LogP contribution in [0.5, 0.6) is 0 Å². The predicted octanol–water partition coefficient (Wildman–Crippen LogP) is 3.28. The minimum atomic E-state index is -0.439. The summed E-state index contributed by atoms with van der Waals surface area (Å²) in [6, 6.07) is 8.85. The van der Waals surface area contributed by atoms with Crippen molar-refractivity contribution in [2.24, 2.45) is 0 Å². The monoisotopic (exact) mass is 269 g/mol. The lowest BCUT2D eigenvalue weighted by Gasteiger charge is -2.09. The molecule has 0 bridgehead atoms. The fourth-order valence-corrected chi connectivity index (χ4v) is 2.78. The summed E-state index contributed by atoms with van der Waals surface area (Å²) in [6.07, 6.45) is 0. The molecule has 0 fully saturated rings. The Kier molecular flexibility index (Phi) is 3.14. The summed E-state index contributed by atoms with van der Waals surface area (Å²) >= 11 is 0. The predicted molar refractivity (Wildman–Crippen MR) is 76.3 cm³/mol. The average molecular weight is 269 g/mol. The lowest BCUT2D eigenvalue weighted by Crippen LogP contribution is -2.08. The molecule has 0 spiro atoms. The van der Waals surface area contributed by atoms with Crippen LogP contribution in [0.2, 0.25) is 0 Å². The van der Waals surface area contributed by atoms with Crippen LogP contribution in [0.25, 0.3) is 0 Å². The van der Waals surface area contributed by atoms with Crippen molar-refractivity contribution in [1.29, 1.82) is 0 Å². The quantitative estimate of drug-likeness (QED) is 0.848. The number of carbonyl (C=O) groups is 1. The molecule has 3 heteroatoms. The topological polar surface area (TPSA) is 29.1 Å². The Morgan fingerprint density at radius 3 is 2.60 bits per heavy atom. The first-order valence-electron chi connectivity index (χ1n) is 6.70. The summed E-state index contributed by atoms with van der Waals surface area (Å²) < 4.78 is 14.1. The molecule has 0 amide bonds. The third kappa shape index (κ3) is 2.14. The number of fused-ring (bicyclic) bond motifs is 1. The molecular weight excluding hydrogens is 253 g/mol. The van der Waals surface area contributed by atoms with Gasteiger partial charge in [-0.3, -0.25) is 4.79 Å². The van der Waals surface area contributed by atoms with E-state index in [-0.39, 0.29) is 11.3 Å². The van der Waals surface area contributed by atoms with Crippen molar-refractivity contribution in [3.63, 3.8) is 0 Å². The van der Waals surface area contributed by atoms with Crippen molar-refractivity contribution < 1.29 is 9.18 Å². The molecule has 20 heavy (non-hydrogen) atoms. The number of hydrogen-bond donors (Lipinski definition) is 1. The summed E-state index contributed by atoms with van der Waals surface area (Å²) in [7, 11) is 0. The van der Waals surface area contributed by atoms with Gasteiger partial charge in [-0.05, 0) is 48.2 Å². The molecule has 2 aromatic carbocycles. The zero-order chi connectivity index (χ0) is 14.3. The summed E-state index contributed by atoms with van der Waals surface area (Å²) in [5.41, 5.74) is 4.59. The number of halogens is 1. The van der Waals surface area contributed by atoms with Crippen LogP contribution in [0, 0.1) is 19.7 Å². The van der Waals surface area contributed by atoms with Gasteiger partial charge in [0.1, 0.15) is 5.82 Å².